The Morgan fingerprint density at radius 3 is 2.50 bits per heavy atom. The highest BCUT2D eigenvalue weighted by molar-refractivity contribution is 5.78. The van der Waals surface area contributed by atoms with E-state index in [2.05, 4.69) is 10.3 Å². The number of nitrogens with two attached hydrogens (primary N) is 1. The molecule has 0 aliphatic rings. The van der Waals surface area contributed by atoms with Crippen LogP contribution in [0, 0.1) is 0 Å². The number of hydrogen-bond acceptors (Lipinski definition) is 2. The molecule has 4 N–H and O–H groups in total. The summed E-state index contributed by atoms with van der Waals surface area (Å²) >= 11 is 0. The van der Waals surface area contributed by atoms with Crippen LogP contribution in [-0.4, -0.2) is 29.3 Å². The molecule has 0 aliphatic heterocycles. The van der Waals surface area contributed by atoms with Gasteiger partial charge in [-0.05, 0) is 40.5 Å². The van der Waals surface area contributed by atoms with Gasteiger partial charge < -0.3 is 16.2 Å². The summed E-state index contributed by atoms with van der Waals surface area (Å²) in [5.74, 6) is 0.475. The molecule has 0 saturated carbocycles. The smallest absolute Gasteiger partial charge is 0.188 e. The summed E-state index contributed by atoms with van der Waals surface area (Å²) in [5.41, 5.74) is 5.61. The zero-order valence-corrected chi connectivity index (χ0v) is 9.67. The molecule has 0 rings (SSSR count). The Morgan fingerprint density at radius 1 is 1.50 bits per heavy atom. The van der Waals surface area contributed by atoms with E-state index >= 15 is 0 Å². The fourth-order valence-corrected chi connectivity index (χ4v) is 1.01. The molecule has 1 unspecified atom stereocenters. The molecule has 0 radical (unpaired) electrons. The number of hydrogen-bond donors (Lipinski definition) is 3. The van der Waals surface area contributed by atoms with E-state index in [4.69, 9.17) is 10.8 Å². The second-order valence-electron chi connectivity index (χ2n) is 4.63. The number of aliphatic hydroxyl groups excluding tert-OH is 1. The van der Waals surface area contributed by atoms with Crippen LogP contribution >= 0.6 is 0 Å². The lowest BCUT2D eigenvalue weighted by molar-refractivity contribution is 0.182. The molecule has 0 amide bonds. The van der Waals surface area contributed by atoms with Gasteiger partial charge >= 0.3 is 0 Å². The van der Waals surface area contributed by atoms with Gasteiger partial charge in [-0.3, -0.25) is 4.99 Å². The van der Waals surface area contributed by atoms with Gasteiger partial charge in [-0.25, -0.2) is 0 Å². The molecule has 1 atom stereocenters. The molecule has 0 aromatic rings. The largest absolute Gasteiger partial charge is 0.393 e. The van der Waals surface area contributed by atoms with Crippen LogP contribution in [0.15, 0.2) is 4.99 Å². The maximum Gasteiger partial charge on any atom is 0.188 e. The Bertz CT molecular complexity index is 182. The highest BCUT2D eigenvalue weighted by atomic mass is 16.3. The first kappa shape index (κ1) is 13.2. The number of aliphatic hydroxyl groups is 1. The third-order valence-corrected chi connectivity index (χ3v) is 1.57. The second-order valence-corrected chi connectivity index (χ2v) is 4.63. The number of nitrogens with zero attached hydrogens (tertiary/aromatic N) is 1. The Hall–Kier alpha value is -0.770. The van der Waals surface area contributed by atoms with E-state index in [1.54, 1.807) is 6.92 Å². The topological polar surface area (TPSA) is 70.6 Å². The Labute approximate surface area is 86.6 Å². The normalized spacial score (nSPS) is 15.4. The van der Waals surface area contributed by atoms with E-state index in [0.29, 0.717) is 12.5 Å². The first-order chi connectivity index (χ1) is 6.31. The highest BCUT2D eigenvalue weighted by Crippen LogP contribution is 1.98. The average molecular weight is 201 g/mol. The predicted octanol–water partition coefficient (Wildman–Crippen LogP) is 0.850. The van der Waals surface area contributed by atoms with Crippen molar-refractivity contribution >= 4 is 5.96 Å². The summed E-state index contributed by atoms with van der Waals surface area (Å²) in [6.07, 6.45) is 1.39. The van der Waals surface area contributed by atoms with Crippen molar-refractivity contribution < 1.29 is 5.11 Å². The van der Waals surface area contributed by atoms with Crippen molar-refractivity contribution in [3.05, 3.63) is 0 Å². The van der Waals surface area contributed by atoms with Gasteiger partial charge in [0.2, 0.25) is 0 Å². The maximum absolute atomic E-state index is 9.01. The lowest BCUT2D eigenvalue weighted by Crippen LogP contribution is -2.45. The molecule has 0 bridgehead atoms. The van der Waals surface area contributed by atoms with Crippen LogP contribution in [-0.2, 0) is 0 Å². The summed E-state index contributed by atoms with van der Waals surface area (Å²) in [5, 5.41) is 12.1. The van der Waals surface area contributed by atoms with E-state index in [9.17, 15) is 0 Å². The minimum Gasteiger partial charge on any atom is -0.393 e. The number of nitrogens with one attached hydrogen (secondary N) is 1. The summed E-state index contributed by atoms with van der Waals surface area (Å²) in [4.78, 5) is 4.15. The van der Waals surface area contributed by atoms with Crippen LogP contribution in [0.4, 0.5) is 0 Å². The standard InChI is InChI=1S/C10H23N3O/c1-8(14)6-5-7-12-9(11)13-10(2,3)4/h8,14H,5-7H2,1-4H3,(H3,11,12,13). The van der Waals surface area contributed by atoms with Crippen molar-refractivity contribution in [1.82, 2.24) is 5.32 Å². The summed E-state index contributed by atoms with van der Waals surface area (Å²) in [6.45, 7) is 8.54. The zero-order valence-electron chi connectivity index (χ0n) is 9.67. The zero-order chi connectivity index (χ0) is 11.2. The third-order valence-electron chi connectivity index (χ3n) is 1.57. The van der Waals surface area contributed by atoms with E-state index < -0.39 is 0 Å². The summed E-state index contributed by atoms with van der Waals surface area (Å²) in [6, 6.07) is 0. The van der Waals surface area contributed by atoms with Gasteiger partial charge in [0.15, 0.2) is 5.96 Å². The molecule has 0 heterocycles. The highest BCUT2D eigenvalue weighted by Gasteiger charge is 2.09. The molecule has 0 aliphatic carbocycles. The molecule has 0 saturated heterocycles. The number of rotatable bonds is 4. The fourth-order valence-electron chi connectivity index (χ4n) is 1.01. The van der Waals surface area contributed by atoms with E-state index in [1.807, 2.05) is 20.8 Å². The van der Waals surface area contributed by atoms with Crippen LogP contribution in [0.3, 0.4) is 0 Å². The van der Waals surface area contributed by atoms with Crippen molar-refractivity contribution in [2.45, 2.75) is 52.2 Å². The Kier molecular flexibility index (Phi) is 5.53. The molecule has 0 aromatic carbocycles. The number of aliphatic imine (C=N–C) groups is 1. The first-order valence-corrected chi connectivity index (χ1v) is 5.07. The molecule has 4 nitrogen and oxygen atoms in total. The van der Waals surface area contributed by atoms with E-state index in [1.165, 1.54) is 0 Å². The van der Waals surface area contributed by atoms with Crippen LogP contribution in [0.25, 0.3) is 0 Å². The number of guanidine groups is 1. The van der Waals surface area contributed by atoms with Crippen molar-refractivity contribution in [2.24, 2.45) is 10.7 Å². The second kappa shape index (κ2) is 5.86. The molecule has 0 aromatic heterocycles. The minimum atomic E-state index is -0.248. The van der Waals surface area contributed by atoms with Crippen LogP contribution < -0.4 is 11.1 Å². The van der Waals surface area contributed by atoms with Gasteiger partial charge in [-0.1, -0.05) is 0 Å². The SMILES string of the molecule is CC(O)CCCN=C(N)NC(C)(C)C. The average Bonchev–Trinajstić information content (AvgIpc) is 1.94. The van der Waals surface area contributed by atoms with Crippen molar-refractivity contribution in [1.29, 1.82) is 0 Å². The third kappa shape index (κ3) is 9.32. The van der Waals surface area contributed by atoms with Crippen LogP contribution in [0.1, 0.15) is 40.5 Å². The summed E-state index contributed by atoms with van der Waals surface area (Å²) < 4.78 is 0. The molecule has 0 fully saturated rings. The van der Waals surface area contributed by atoms with Gasteiger partial charge in [-0.15, -0.1) is 0 Å². The Morgan fingerprint density at radius 2 is 2.07 bits per heavy atom. The van der Waals surface area contributed by atoms with Gasteiger partial charge in [0.25, 0.3) is 0 Å². The summed E-state index contributed by atoms with van der Waals surface area (Å²) in [7, 11) is 0. The molecule has 4 heteroatoms. The van der Waals surface area contributed by atoms with E-state index in [0.717, 1.165) is 12.8 Å². The van der Waals surface area contributed by atoms with Crippen LogP contribution in [0.5, 0.6) is 0 Å². The van der Waals surface area contributed by atoms with Crippen molar-refractivity contribution in [2.75, 3.05) is 6.54 Å². The quantitative estimate of drug-likeness (QED) is 0.359. The van der Waals surface area contributed by atoms with Gasteiger partial charge in [0.1, 0.15) is 0 Å². The fraction of sp³-hybridized carbons (Fsp3) is 0.900. The molecule has 84 valence electrons. The van der Waals surface area contributed by atoms with E-state index in [-0.39, 0.29) is 11.6 Å². The Balaban J connectivity index is 3.67. The predicted molar refractivity (Wildman–Crippen MR) is 60.3 cm³/mol. The van der Waals surface area contributed by atoms with Crippen molar-refractivity contribution in [3.63, 3.8) is 0 Å². The van der Waals surface area contributed by atoms with Crippen LogP contribution in [0.2, 0.25) is 0 Å². The molecule has 14 heavy (non-hydrogen) atoms. The molecule has 0 spiro atoms. The van der Waals surface area contributed by atoms with Gasteiger partial charge in [0, 0.05) is 12.1 Å². The van der Waals surface area contributed by atoms with Gasteiger partial charge in [-0.2, -0.15) is 0 Å². The van der Waals surface area contributed by atoms with Gasteiger partial charge in [0.05, 0.1) is 6.10 Å². The van der Waals surface area contributed by atoms with Crippen molar-refractivity contribution in [3.8, 4) is 0 Å². The first-order valence-electron chi connectivity index (χ1n) is 5.07. The molecular weight excluding hydrogens is 178 g/mol. The maximum atomic E-state index is 9.01. The molecular formula is C10H23N3O. The lowest BCUT2D eigenvalue weighted by atomic mass is 10.1. The minimum absolute atomic E-state index is 0.0438. The lowest BCUT2D eigenvalue weighted by Gasteiger charge is -2.20. The monoisotopic (exact) mass is 201 g/mol.